The van der Waals surface area contributed by atoms with Gasteiger partial charge in [-0.1, -0.05) is 19.9 Å². The first-order valence-corrected chi connectivity index (χ1v) is 9.03. The largest absolute Gasteiger partial charge is 0.354 e. The predicted molar refractivity (Wildman–Crippen MR) is 119 cm³/mol. The van der Waals surface area contributed by atoms with Crippen molar-refractivity contribution >= 4 is 35.8 Å². The minimum Gasteiger partial charge on any atom is -0.354 e. The molecule has 0 aliphatic carbocycles. The molecule has 1 amide bonds. The highest BCUT2D eigenvalue weighted by molar-refractivity contribution is 14.0. The normalized spacial score (nSPS) is 12.3. The number of guanidine groups is 1. The van der Waals surface area contributed by atoms with Gasteiger partial charge in [0.25, 0.3) is 0 Å². The van der Waals surface area contributed by atoms with E-state index in [0.717, 1.165) is 18.5 Å². The molecule has 0 aromatic carbocycles. The van der Waals surface area contributed by atoms with Crippen LogP contribution in [0, 0.1) is 5.92 Å². The molecular formula is C19H34IN5O. The first-order chi connectivity index (χ1) is 11.9. The Balaban J connectivity index is 0.00000625. The molecule has 1 unspecified atom stereocenters. The molecule has 7 heteroatoms. The minimum atomic E-state index is 0. The fourth-order valence-electron chi connectivity index (χ4n) is 2.33. The molecule has 0 bridgehead atoms. The van der Waals surface area contributed by atoms with Crippen molar-refractivity contribution in [3.63, 3.8) is 0 Å². The quantitative estimate of drug-likeness (QED) is 0.328. The van der Waals surface area contributed by atoms with E-state index in [1.807, 2.05) is 25.2 Å². The van der Waals surface area contributed by atoms with Crippen molar-refractivity contribution in [1.29, 1.82) is 0 Å². The Morgan fingerprint density at radius 3 is 2.58 bits per heavy atom. The number of hydrogen-bond donors (Lipinski definition) is 2. The number of aromatic nitrogens is 1. The Labute approximate surface area is 175 Å². The zero-order valence-electron chi connectivity index (χ0n) is 16.7. The first-order valence-electron chi connectivity index (χ1n) is 9.03. The molecule has 1 aromatic rings. The van der Waals surface area contributed by atoms with Gasteiger partial charge in [-0.15, -0.1) is 24.0 Å². The summed E-state index contributed by atoms with van der Waals surface area (Å²) in [5.41, 5.74) is 0.992. The Morgan fingerprint density at radius 2 is 2.00 bits per heavy atom. The molecule has 0 fully saturated rings. The minimum absolute atomic E-state index is 0. The Kier molecular flexibility index (Phi) is 13.0. The number of nitrogens with zero attached hydrogens (tertiary/aromatic N) is 3. The van der Waals surface area contributed by atoms with Crippen LogP contribution in [0.3, 0.4) is 0 Å². The molecule has 2 N–H and O–H groups in total. The summed E-state index contributed by atoms with van der Waals surface area (Å²) in [5.74, 6) is 1.39. The van der Waals surface area contributed by atoms with E-state index in [-0.39, 0.29) is 36.4 Å². The number of nitrogens with one attached hydrogen (secondary N) is 2. The Hall–Kier alpha value is -1.38. The summed E-state index contributed by atoms with van der Waals surface area (Å²) >= 11 is 0. The van der Waals surface area contributed by atoms with Crippen LogP contribution in [0.1, 0.15) is 39.3 Å². The van der Waals surface area contributed by atoms with Crippen LogP contribution in [0.5, 0.6) is 0 Å². The molecule has 0 spiro atoms. The number of amides is 1. The lowest BCUT2D eigenvalue weighted by Gasteiger charge is -2.21. The highest BCUT2D eigenvalue weighted by Crippen LogP contribution is 2.06. The molecule has 1 atom stereocenters. The van der Waals surface area contributed by atoms with E-state index in [2.05, 4.69) is 41.4 Å². The standard InChI is InChI=1S/C19H33N5O.HI/c1-15(2)9-10-16(3)23-19(20-4)22-14-18(25)24(5)13-11-17-8-6-7-12-21-17;/h6-8,12,15-16H,9-11,13-14H2,1-5H3,(H2,20,22,23);1H. The summed E-state index contributed by atoms with van der Waals surface area (Å²) < 4.78 is 0. The third kappa shape index (κ3) is 10.6. The molecule has 0 saturated heterocycles. The van der Waals surface area contributed by atoms with Gasteiger partial charge >= 0.3 is 0 Å². The molecule has 0 saturated carbocycles. The lowest BCUT2D eigenvalue weighted by atomic mass is 10.0. The fourth-order valence-corrected chi connectivity index (χ4v) is 2.33. The van der Waals surface area contributed by atoms with Crippen LogP contribution in [0.15, 0.2) is 29.4 Å². The van der Waals surface area contributed by atoms with Gasteiger partial charge in [0.2, 0.25) is 5.91 Å². The van der Waals surface area contributed by atoms with Crippen molar-refractivity contribution in [2.75, 3.05) is 27.2 Å². The monoisotopic (exact) mass is 475 g/mol. The van der Waals surface area contributed by atoms with Gasteiger partial charge < -0.3 is 15.5 Å². The maximum absolute atomic E-state index is 12.2. The zero-order valence-corrected chi connectivity index (χ0v) is 19.0. The number of likely N-dealkylation sites (N-methyl/N-ethyl adjacent to an activating group) is 1. The van der Waals surface area contributed by atoms with Crippen molar-refractivity contribution in [1.82, 2.24) is 20.5 Å². The Morgan fingerprint density at radius 1 is 1.27 bits per heavy atom. The van der Waals surface area contributed by atoms with Crippen LogP contribution in [0.4, 0.5) is 0 Å². The number of aliphatic imine (C=N–C) groups is 1. The van der Waals surface area contributed by atoms with E-state index in [1.165, 1.54) is 6.42 Å². The van der Waals surface area contributed by atoms with Gasteiger partial charge in [-0.2, -0.15) is 0 Å². The first kappa shape index (κ1) is 24.6. The van der Waals surface area contributed by atoms with Crippen LogP contribution in [0.25, 0.3) is 0 Å². The molecule has 1 aromatic heterocycles. The second kappa shape index (κ2) is 13.8. The lowest BCUT2D eigenvalue weighted by molar-refractivity contribution is -0.128. The number of carbonyl (C=O) groups excluding carboxylic acids is 1. The number of halogens is 1. The zero-order chi connectivity index (χ0) is 18.7. The second-order valence-electron chi connectivity index (χ2n) is 6.83. The average Bonchev–Trinajstić information content (AvgIpc) is 2.61. The maximum atomic E-state index is 12.2. The van der Waals surface area contributed by atoms with Crippen LogP contribution >= 0.6 is 24.0 Å². The van der Waals surface area contributed by atoms with Crippen molar-refractivity contribution in [3.05, 3.63) is 30.1 Å². The molecule has 0 radical (unpaired) electrons. The highest BCUT2D eigenvalue weighted by Gasteiger charge is 2.11. The van der Waals surface area contributed by atoms with Gasteiger partial charge in [-0.25, -0.2) is 0 Å². The van der Waals surface area contributed by atoms with E-state index in [1.54, 1.807) is 18.1 Å². The van der Waals surface area contributed by atoms with Crippen molar-refractivity contribution in [2.24, 2.45) is 10.9 Å². The molecule has 1 heterocycles. The van der Waals surface area contributed by atoms with Crippen LogP contribution < -0.4 is 10.6 Å². The number of carbonyl (C=O) groups is 1. The van der Waals surface area contributed by atoms with Crippen molar-refractivity contribution in [2.45, 2.75) is 46.1 Å². The summed E-state index contributed by atoms with van der Waals surface area (Å²) in [6, 6.07) is 6.15. The third-order valence-corrected chi connectivity index (χ3v) is 4.05. The van der Waals surface area contributed by atoms with Crippen LogP contribution in [-0.2, 0) is 11.2 Å². The van der Waals surface area contributed by atoms with Gasteiger partial charge in [0.05, 0.1) is 6.54 Å². The topological polar surface area (TPSA) is 69.6 Å². The molecule has 1 rings (SSSR count). The number of pyridine rings is 1. The van der Waals surface area contributed by atoms with E-state index in [9.17, 15) is 4.79 Å². The molecule has 148 valence electrons. The molecule has 0 aliphatic heterocycles. The van der Waals surface area contributed by atoms with E-state index in [4.69, 9.17) is 0 Å². The summed E-state index contributed by atoms with van der Waals surface area (Å²) in [7, 11) is 3.54. The summed E-state index contributed by atoms with van der Waals surface area (Å²) in [6.07, 6.45) is 4.77. The summed E-state index contributed by atoms with van der Waals surface area (Å²) in [4.78, 5) is 22.4. The highest BCUT2D eigenvalue weighted by atomic mass is 127. The van der Waals surface area contributed by atoms with E-state index < -0.39 is 0 Å². The van der Waals surface area contributed by atoms with Gasteiger partial charge in [-0.3, -0.25) is 14.8 Å². The third-order valence-electron chi connectivity index (χ3n) is 4.05. The second-order valence-corrected chi connectivity index (χ2v) is 6.83. The molecular weight excluding hydrogens is 441 g/mol. The SMILES string of the molecule is CN=C(NCC(=O)N(C)CCc1ccccn1)NC(C)CCC(C)C.I. The summed E-state index contributed by atoms with van der Waals surface area (Å²) in [6.45, 7) is 7.46. The smallest absolute Gasteiger partial charge is 0.241 e. The average molecular weight is 475 g/mol. The van der Waals surface area contributed by atoms with E-state index in [0.29, 0.717) is 24.5 Å². The molecule has 0 aliphatic rings. The fraction of sp³-hybridized carbons (Fsp3) is 0.632. The molecule has 6 nitrogen and oxygen atoms in total. The Bertz CT molecular complexity index is 536. The van der Waals surface area contributed by atoms with Gasteiger partial charge in [0, 0.05) is 45.0 Å². The van der Waals surface area contributed by atoms with Crippen molar-refractivity contribution in [3.8, 4) is 0 Å². The van der Waals surface area contributed by atoms with Crippen LogP contribution in [0.2, 0.25) is 0 Å². The maximum Gasteiger partial charge on any atom is 0.241 e. The van der Waals surface area contributed by atoms with E-state index >= 15 is 0 Å². The molecule has 26 heavy (non-hydrogen) atoms. The number of rotatable bonds is 9. The van der Waals surface area contributed by atoms with Crippen molar-refractivity contribution < 1.29 is 4.79 Å². The van der Waals surface area contributed by atoms with Gasteiger partial charge in [0.1, 0.15) is 0 Å². The number of hydrogen-bond acceptors (Lipinski definition) is 3. The van der Waals surface area contributed by atoms with Crippen LogP contribution in [-0.4, -0.2) is 55.0 Å². The van der Waals surface area contributed by atoms with Gasteiger partial charge in [-0.05, 0) is 37.8 Å². The lowest BCUT2D eigenvalue weighted by Crippen LogP contribution is -2.46. The summed E-state index contributed by atoms with van der Waals surface area (Å²) in [5, 5.41) is 6.43. The van der Waals surface area contributed by atoms with Gasteiger partial charge in [0.15, 0.2) is 5.96 Å². The predicted octanol–water partition coefficient (Wildman–Crippen LogP) is 2.69.